The van der Waals surface area contributed by atoms with E-state index in [0.717, 1.165) is 0 Å². The van der Waals surface area contributed by atoms with Crippen molar-refractivity contribution in [2.24, 2.45) is 17.8 Å². The zero-order valence-electron chi connectivity index (χ0n) is 16.1. The van der Waals surface area contributed by atoms with E-state index >= 15 is 0 Å². The number of rotatable bonds is 3. The molecule has 3 rings (SSSR count). The van der Waals surface area contributed by atoms with Crippen LogP contribution in [0.15, 0.2) is 24.0 Å². The molecule has 0 aromatic carbocycles. The Hall–Kier alpha value is -2.15. The molecule has 3 aliphatic rings. The lowest BCUT2D eigenvalue weighted by Gasteiger charge is -2.36. The van der Waals surface area contributed by atoms with Crippen LogP contribution in [0.4, 0.5) is 0 Å². The predicted molar refractivity (Wildman–Crippen MR) is 94.2 cm³/mol. The lowest BCUT2D eigenvalue weighted by atomic mass is 9.78. The minimum absolute atomic E-state index is 0.0553. The number of ether oxygens (including phenoxy) is 3. The molecule has 2 bridgehead atoms. The molecule has 0 aromatic heterocycles. The molecule has 0 radical (unpaired) electrons. The first kappa shape index (κ1) is 19.6. The molecule has 2 saturated heterocycles. The summed E-state index contributed by atoms with van der Waals surface area (Å²) in [5.74, 6) is -1.94. The Morgan fingerprint density at radius 2 is 2.11 bits per heavy atom. The van der Waals surface area contributed by atoms with Gasteiger partial charge in [-0.05, 0) is 19.3 Å². The highest BCUT2D eigenvalue weighted by atomic mass is 16.6. The van der Waals surface area contributed by atoms with E-state index in [4.69, 9.17) is 14.2 Å². The highest BCUT2D eigenvalue weighted by molar-refractivity contribution is 6.00. The Balaban J connectivity index is 2.02. The first-order valence-electron chi connectivity index (χ1n) is 9.27. The van der Waals surface area contributed by atoms with E-state index in [-0.39, 0.29) is 23.8 Å². The van der Waals surface area contributed by atoms with Crippen molar-refractivity contribution in [3.8, 4) is 0 Å². The fraction of sp³-hybridized carbons (Fsp3) is 0.650. The van der Waals surface area contributed by atoms with Gasteiger partial charge in [0.2, 0.25) is 5.78 Å². The minimum atomic E-state index is -1.59. The van der Waals surface area contributed by atoms with Crippen molar-refractivity contribution < 1.29 is 33.7 Å². The first-order valence-corrected chi connectivity index (χ1v) is 9.27. The number of hydrogen-bond donors (Lipinski definition) is 1. The Bertz CT molecular complexity index is 722. The fourth-order valence-electron chi connectivity index (χ4n) is 3.94. The lowest BCUT2D eigenvalue weighted by Crippen LogP contribution is -2.55. The number of fused-ring (bicyclic) bond motifs is 3. The topological polar surface area (TPSA) is 99.1 Å². The standard InChI is InChI=1S/C20H26O7/c1-9(2)6-15(22)26-17-16-11(4)19(24)25-13(16)7-10(3)12-8-14(21)20(5,27-12)18(17)23/h8-10,13,16-18,23H,4,6-7H2,1-3,5H3/t10-,13-,16+,17+,18-,20+/m1/s1. The van der Waals surface area contributed by atoms with Gasteiger partial charge in [0, 0.05) is 24.0 Å². The Morgan fingerprint density at radius 1 is 1.44 bits per heavy atom. The molecular formula is C20H26O7. The zero-order valence-corrected chi connectivity index (χ0v) is 16.1. The van der Waals surface area contributed by atoms with Crippen LogP contribution in [0.2, 0.25) is 0 Å². The highest BCUT2D eigenvalue weighted by Gasteiger charge is 2.58. The van der Waals surface area contributed by atoms with E-state index in [0.29, 0.717) is 12.2 Å². The lowest BCUT2D eigenvalue weighted by molar-refractivity contribution is -0.179. The summed E-state index contributed by atoms with van der Waals surface area (Å²) in [4.78, 5) is 37.1. The minimum Gasteiger partial charge on any atom is -0.480 e. The number of carbonyl (C=O) groups excluding carboxylic acids is 3. The van der Waals surface area contributed by atoms with Crippen LogP contribution in [0.25, 0.3) is 0 Å². The van der Waals surface area contributed by atoms with Crippen molar-refractivity contribution in [3.63, 3.8) is 0 Å². The van der Waals surface area contributed by atoms with Crippen molar-refractivity contribution >= 4 is 17.7 Å². The molecule has 1 N–H and O–H groups in total. The summed E-state index contributed by atoms with van der Waals surface area (Å²) in [6.45, 7) is 10.9. The van der Waals surface area contributed by atoms with Gasteiger partial charge in [-0.15, -0.1) is 0 Å². The molecule has 0 aliphatic carbocycles. The van der Waals surface area contributed by atoms with E-state index in [2.05, 4.69) is 6.58 Å². The smallest absolute Gasteiger partial charge is 0.334 e. The van der Waals surface area contributed by atoms with Crippen LogP contribution in [-0.4, -0.2) is 46.7 Å². The van der Waals surface area contributed by atoms with Gasteiger partial charge in [0.15, 0.2) is 5.60 Å². The van der Waals surface area contributed by atoms with Gasteiger partial charge in [-0.25, -0.2) is 4.79 Å². The van der Waals surface area contributed by atoms with E-state index < -0.39 is 47.6 Å². The quantitative estimate of drug-likeness (QED) is 0.589. The molecular weight excluding hydrogens is 352 g/mol. The Morgan fingerprint density at radius 3 is 2.74 bits per heavy atom. The average molecular weight is 378 g/mol. The molecule has 6 atom stereocenters. The summed E-state index contributed by atoms with van der Waals surface area (Å²) < 4.78 is 16.9. The van der Waals surface area contributed by atoms with Crippen molar-refractivity contribution in [2.75, 3.05) is 0 Å². The zero-order chi connectivity index (χ0) is 20.1. The molecule has 2 fully saturated rings. The number of allylic oxidation sites excluding steroid dienone is 1. The maximum Gasteiger partial charge on any atom is 0.334 e. The normalized spacial score (nSPS) is 38.4. The molecule has 3 aliphatic heterocycles. The van der Waals surface area contributed by atoms with Crippen LogP contribution in [0.1, 0.15) is 40.5 Å². The van der Waals surface area contributed by atoms with Crippen LogP contribution in [0.3, 0.4) is 0 Å². The number of aliphatic hydroxyl groups is 1. The van der Waals surface area contributed by atoms with Gasteiger partial charge in [-0.3, -0.25) is 9.59 Å². The van der Waals surface area contributed by atoms with Crippen LogP contribution in [0.5, 0.6) is 0 Å². The van der Waals surface area contributed by atoms with Gasteiger partial charge >= 0.3 is 11.9 Å². The summed E-state index contributed by atoms with van der Waals surface area (Å²) in [5.41, 5.74) is -1.45. The average Bonchev–Trinajstić information content (AvgIpc) is 3.02. The van der Waals surface area contributed by atoms with Crippen molar-refractivity contribution in [1.82, 2.24) is 0 Å². The number of hydrogen-bond acceptors (Lipinski definition) is 7. The molecule has 3 heterocycles. The second kappa shape index (κ2) is 6.78. The third kappa shape index (κ3) is 3.29. The third-order valence-electron chi connectivity index (χ3n) is 5.56. The van der Waals surface area contributed by atoms with Crippen molar-refractivity contribution in [1.29, 1.82) is 0 Å². The second-order valence-electron chi connectivity index (χ2n) is 8.25. The second-order valence-corrected chi connectivity index (χ2v) is 8.25. The largest absolute Gasteiger partial charge is 0.480 e. The third-order valence-corrected chi connectivity index (χ3v) is 5.56. The SMILES string of the molecule is C=C1C(=O)O[C@@H]2C[C@@H](C)C3=CC(=O)[C@](C)(O3)[C@H](O)[C@@H](OC(=O)CC(C)C)[C@@H]12. The number of carbonyl (C=O) groups is 3. The van der Waals surface area contributed by atoms with Gasteiger partial charge in [-0.1, -0.05) is 27.4 Å². The number of esters is 2. The fourth-order valence-corrected chi connectivity index (χ4v) is 3.94. The molecule has 0 saturated carbocycles. The molecule has 0 aromatic rings. The molecule has 0 unspecified atom stereocenters. The Kier molecular flexibility index (Phi) is 4.93. The number of aliphatic hydroxyl groups excluding tert-OH is 1. The van der Waals surface area contributed by atoms with Crippen LogP contribution >= 0.6 is 0 Å². The molecule has 0 spiro atoms. The summed E-state index contributed by atoms with van der Waals surface area (Å²) in [5, 5.41) is 11.1. The Labute approximate surface area is 158 Å². The molecule has 148 valence electrons. The van der Waals surface area contributed by atoms with Gasteiger partial charge in [0.05, 0.1) is 5.92 Å². The predicted octanol–water partition coefficient (Wildman–Crippen LogP) is 1.68. The summed E-state index contributed by atoms with van der Waals surface area (Å²) in [6, 6.07) is 0. The molecule has 7 heteroatoms. The van der Waals surface area contributed by atoms with Crippen molar-refractivity contribution in [3.05, 3.63) is 24.0 Å². The maximum atomic E-state index is 12.6. The van der Waals surface area contributed by atoms with E-state index in [1.807, 2.05) is 20.8 Å². The maximum absolute atomic E-state index is 12.6. The van der Waals surface area contributed by atoms with Crippen molar-refractivity contribution in [2.45, 2.75) is 64.4 Å². The summed E-state index contributed by atoms with van der Waals surface area (Å²) in [6.07, 6.45) is -1.38. The first-order chi connectivity index (χ1) is 12.5. The van der Waals surface area contributed by atoms with Crippen LogP contribution in [-0.2, 0) is 28.6 Å². The molecule has 0 amide bonds. The van der Waals surface area contributed by atoms with E-state index in [1.54, 1.807) is 0 Å². The number of ketones is 1. The monoisotopic (exact) mass is 378 g/mol. The highest BCUT2D eigenvalue weighted by Crippen LogP contribution is 2.44. The van der Waals surface area contributed by atoms with Gasteiger partial charge in [-0.2, -0.15) is 0 Å². The van der Waals surface area contributed by atoms with Gasteiger partial charge in [0.25, 0.3) is 0 Å². The summed E-state index contributed by atoms with van der Waals surface area (Å²) >= 11 is 0. The van der Waals surface area contributed by atoms with Crippen LogP contribution in [0, 0.1) is 17.8 Å². The van der Waals surface area contributed by atoms with E-state index in [1.165, 1.54) is 13.0 Å². The van der Waals surface area contributed by atoms with E-state index in [9.17, 15) is 19.5 Å². The molecule has 27 heavy (non-hydrogen) atoms. The van der Waals surface area contributed by atoms with Gasteiger partial charge < -0.3 is 19.3 Å². The summed E-state index contributed by atoms with van der Waals surface area (Å²) in [7, 11) is 0. The van der Waals surface area contributed by atoms with Gasteiger partial charge in [0.1, 0.15) is 24.1 Å². The molecule has 7 nitrogen and oxygen atoms in total. The van der Waals surface area contributed by atoms with Crippen LogP contribution < -0.4 is 0 Å².